The molecule has 4 rings (SSSR count). The predicted octanol–water partition coefficient (Wildman–Crippen LogP) is 5.93. The topological polar surface area (TPSA) is 76.5 Å². The number of rotatable bonds is 5. The summed E-state index contributed by atoms with van der Waals surface area (Å²) in [4.78, 5) is 32.8. The number of hydrogen-bond acceptors (Lipinski definition) is 4. The summed E-state index contributed by atoms with van der Waals surface area (Å²) in [7, 11) is 3.22. The van der Waals surface area contributed by atoms with Crippen molar-refractivity contribution in [3.8, 4) is 11.4 Å². The quantitative estimate of drug-likeness (QED) is 0.371. The van der Waals surface area contributed by atoms with Crippen LogP contribution in [0.1, 0.15) is 18.8 Å². The Bertz CT molecular complexity index is 1400. The number of benzene rings is 3. The van der Waals surface area contributed by atoms with E-state index in [1.807, 2.05) is 0 Å². The summed E-state index contributed by atoms with van der Waals surface area (Å²) in [6, 6.07) is 17.9. The highest BCUT2D eigenvalue weighted by molar-refractivity contribution is 6.31. The smallest absolute Gasteiger partial charge is 0.322 e. The predicted molar refractivity (Wildman–Crippen MR) is 136 cm³/mol. The Morgan fingerprint density at radius 2 is 1.68 bits per heavy atom. The fourth-order valence-electron chi connectivity index (χ4n) is 3.53. The summed E-state index contributed by atoms with van der Waals surface area (Å²) in [5, 5.41) is 4.29. The van der Waals surface area contributed by atoms with Gasteiger partial charge in [0, 0.05) is 22.8 Å². The van der Waals surface area contributed by atoms with E-state index in [-0.39, 0.29) is 11.6 Å². The first-order chi connectivity index (χ1) is 16.3. The zero-order valence-corrected chi connectivity index (χ0v) is 20.3. The summed E-state index contributed by atoms with van der Waals surface area (Å²) >= 11 is 12.1. The SMILES string of the molecule is COc1ccc(-n2c(C(C)N(C)C(=O)Nc3ccc(Cl)cc3)nc3cc(Cl)ccc3c2=O)cc1. The van der Waals surface area contributed by atoms with E-state index in [1.54, 1.807) is 87.8 Å². The Morgan fingerprint density at radius 1 is 1.03 bits per heavy atom. The standard InChI is InChI=1S/C25H22Cl2N4O3/c1-15(30(2)25(33)28-18-7-4-16(26)5-8-18)23-29-22-14-17(27)6-13-21(22)24(32)31(23)19-9-11-20(34-3)12-10-19/h4-15H,1-3H3,(H,28,33). The minimum absolute atomic E-state index is 0.264. The van der Waals surface area contributed by atoms with Crippen molar-refractivity contribution in [2.24, 2.45) is 0 Å². The Morgan fingerprint density at radius 3 is 2.32 bits per heavy atom. The second kappa shape index (κ2) is 9.75. The van der Waals surface area contributed by atoms with Crippen LogP contribution in [-0.4, -0.2) is 34.6 Å². The number of aromatic nitrogens is 2. The maximum absolute atomic E-state index is 13.6. The van der Waals surface area contributed by atoms with Crippen LogP contribution in [0.15, 0.2) is 71.5 Å². The van der Waals surface area contributed by atoms with Crippen molar-refractivity contribution in [3.63, 3.8) is 0 Å². The van der Waals surface area contributed by atoms with Crippen molar-refractivity contribution in [2.45, 2.75) is 13.0 Å². The number of nitrogens with one attached hydrogen (secondary N) is 1. The van der Waals surface area contributed by atoms with Crippen LogP contribution in [-0.2, 0) is 0 Å². The first-order valence-electron chi connectivity index (χ1n) is 10.4. The zero-order chi connectivity index (χ0) is 24.4. The molecule has 34 heavy (non-hydrogen) atoms. The fourth-order valence-corrected chi connectivity index (χ4v) is 3.82. The van der Waals surface area contributed by atoms with E-state index < -0.39 is 6.04 Å². The number of fused-ring (bicyclic) bond motifs is 1. The highest BCUT2D eigenvalue weighted by atomic mass is 35.5. The highest BCUT2D eigenvalue weighted by Gasteiger charge is 2.24. The van der Waals surface area contributed by atoms with Gasteiger partial charge in [0.25, 0.3) is 5.56 Å². The van der Waals surface area contributed by atoms with Crippen LogP contribution in [0, 0.1) is 0 Å². The number of hydrogen-bond donors (Lipinski definition) is 1. The van der Waals surface area contributed by atoms with Gasteiger partial charge in [0.1, 0.15) is 11.6 Å². The van der Waals surface area contributed by atoms with Crippen molar-refractivity contribution in [3.05, 3.63) is 93.0 Å². The van der Waals surface area contributed by atoms with E-state index in [0.29, 0.717) is 43.9 Å². The zero-order valence-electron chi connectivity index (χ0n) is 18.8. The first-order valence-corrected chi connectivity index (χ1v) is 11.2. The van der Waals surface area contributed by atoms with Crippen molar-refractivity contribution < 1.29 is 9.53 Å². The lowest BCUT2D eigenvalue weighted by Gasteiger charge is -2.27. The van der Waals surface area contributed by atoms with Gasteiger partial charge in [-0.2, -0.15) is 0 Å². The molecule has 0 radical (unpaired) electrons. The van der Waals surface area contributed by atoms with Crippen molar-refractivity contribution >= 4 is 45.8 Å². The van der Waals surface area contributed by atoms with Crippen LogP contribution in [0.25, 0.3) is 16.6 Å². The molecular weight excluding hydrogens is 475 g/mol. The molecule has 1 atom stereocenters. The number of carbonyl (C=O) groups is 1. The average molecular weight is 497 g/mol. The molecule has 2 amide bonds. The molecule has 1 aromatic heterocycles. The third-order valence-electron chi connectivity index (χ3n) is 5.56. The molecule has 4 aromatic rings. The Balaban J connectivity index is 1.79. The highest BCUT2D eigenvalue weighted by Crippen LogP contribution is 2.25. The fraction of sp³-hybridized carbons (Fsp3) is 0.160. The molecule has 9 heteroatoms. The molecule has 1 heterocycles. The van der Waals surface area contributed by atoms with Gasteiger partial charge < -0.3 is 15.0 Å². The molecule has 0 saturated heterocycles. The molecule has 3 aromatic carbocycles. The van der Waals surface area contributed by atoms with Gasteiger partial charge in [-0.25, -0.2) is 9.78 Å². The molecule has 0 bridgehead atoms. The van der Waals surface area contributed by atoms with Crippen molar-refractivity contribution in [1.82, 2.24) is 14.5 Å². The van der Waals surface area contributed by atoms with Gasteiger partial charge in [0.15, 0.2) is 0 Å². The third-order valence-corrected chi connectivity index (χ3v) is 6.05. The minimum Gasteiger partial charge on any atom is -0.497 e. The van der Waals surface area contributed by atoms with Crippen LogP contribution in [0.2, 0.25) is 10.0 Å². The van der Waals surface area contributed by atoms with Gasteiger partial charge in [0.05, 0.1) is 29.7 Å². The van der Waals surface area contributed by atoms with Crippen LogP contribution in [0.4, 0.5) is 10.5 Å². The number of carbonyl (C=O) groups excluding carboxylic acids is 1. The second-order valence-corrected chi connectivity index (χ2v) is 8.57. The normalized spacial score (nSPS) is 11.8. The van der Waals surface area contributed by atoms with Gasteiger partial charge in [-0.05, 0) is 73.7 Å². The molecule has 0 aliphatic heterocycles. The van der Waals surface area contributed by atoms with E-state index in [1.165, 1.54) is 9.47 Å². The average Bonchev–Trinajstić information content (AvgIpc) is 2.84. The number of methoxy groups -OCH3 is 1. The lowest BCUT2D eigenvalue weighted by molar-refractivity contribution is 0.205. The molecule has 1 N–H and O–H groups in total. The molecule has 0 fully saturated rings. The van der Waals surface area contributed by atoms with Crippen molar-refractivity contribution in [2.75, 3.05) is 19.5 Å². The maximum Gasteiger partial charge on any atom is 0.322 e. The Labute approximate surface area is 206 Å². The van der Waals surface area contributed by atoms with E-state index >= 15 is 0 Å². The van der Waals surface area contributed by atoms with E-state index in [9.17, 15) is 9.59 Å². The molecule has 0 saturated carbocycles. The van der Waals surface area contributed by atoms with Crippen LogP contribution < -0.4 is 15.6 Å². The van der Waals surface area contributed by atoms with Gasteiger partial charge >= 0.3 is 6.03 Å². The van der Waals surface area contributed by atoms with Crippen LogP contribution in [0.3, 0.4) is 0 Å². The molecular formula is C25H22Cl2N4O3. The summed E-state index contributed by atoms with van der Waals surface area (Å²) in [5.74, 6) is 1.05. The van der Waals surface area contributed by atoms with E-state index in [2.05, 4.69) is 5.32 Å². The van der Waals surface area contributed by atoms with E-state index in [4.69, 9.17) is 32.9 Å². The van der Waals surface area contributed by atoms with Crippen molar-refractivity contribution in [1.29, 1.82) is 0 Å². The summed E-state index contributed by atoms with van der Waals surface area (Å²) < 4.78 is 6.75. The second-order valence-electron chi connectivity index (χ2n) is 7.69. The number of ether oxygens (including phenoxy) is 1. The number of anilines is 1. The lowest BCUT2D eigenvalue weighted by Crippen LogP contribution is -2.37. The molecule has 0 aliphatic carbocycles. The van der Waals surface area contributed by atoms with Gasteiger partial charge in [-0.3, -0.25) is 9.36 Å². The monoisotopic (exact) mass is 496 g/mol. The number of nitrogens with zero attached hydrogens (tertiary/aromatic N) is 3. The molecule has 7 nitrogen and oxygen atoms in total. The minimum atomic E-state index is -0.564. The summed E-state index contributed by atoms with van der Waals surface area (Å²) in [6.07, 6.45) is 0. The number of halogens is 2. The molecule has 174 valence electrons. The molecule has 0 aliphatic rings. The van der Waals surface area contributed by atoms with E-state index in [0.717, 1.165) is 0 Å². The van der Waals surface area contributed by atoms with Crippen LogP contribution in [0.5, 0.6) is 5.75 Å². The largest absolute Gasteiger partial charge is 0.497 e. The molecule has 0 spiro atoms. The van der Waals surface area contributed by atoms with Gasteiger partial charge in [-0.1, -0.05) is 23.2 Å². The maximum atomic E-state index is 13.6. The third kappa shape index (κ3) is 4.71. The number of urea groups is 1. The van der Waals surface area contributed by atoms with Crippen LogP contribution >= 0.6 is 23.2 Å². The van der Waals surface area contributed by atoms with Gasteiger partial charge in [-0.15, -0.1) is 0 Å². The summed E-state index contributed by atoms with van der Waals surface area (Å²) in [6.45, 7) is 1.81. The first kappa shape index (κ1) is 23.6. The lowest BCUT2D eigenvalue weighted by atomic mass is 10.2. The number of amides is 2. The Hall–Kier alpha value is -3.55. The van der Waals surface area contributed by atoms with Gasteiger partial charge in [0.2, 0.25) is 0 Å². The summed E-state index contributed by atoms with van der Waals surface area (Å²) in [5.41, 5.74) is 1.39. The Kier molecular flexibility index (Phi) is 6.77. The molecule has 1 unspecified atom stereocenters.